The lowest BCUT2D eigenvalue weighted by atomic mass is 9.88. The third kappa shape index (κ3) is 5.92. The Labute approximate surface area is 194 Å². The van der Waals surface area contributed by atoms with E-state index in [-0.39, 0.29) is 12.1 Å². The fourth-order valence-electron chi connectivity index (χ4n) is 5.35. The van der Waals surface area contributed by atoms with E-state index in [9.17, 15) is 4.79 Å². The molecule has 4 rings (SSSR count). The molecule has 0 atom stereocenters. The molecule has 0 aromatic heterocycles. The number of hydrogen-bond donors (Lipinski definition) is 0. The number of hydrogen-bond acceptors (Lipinski definition) is 2. The molecular weight excluding hydrogens is 394 g/mol. The Morgan fingerprint density at radius 3 is 2.22 bits per heavy atom. The van der Waals surface area contributed by atoms with E-state index < -0.39 is 0 Å². The van der Waals surface area contributed by atoms with E-state index in [1.807, 2.05) is 42.3 Å². The van der Waals surface area contributed by atoms with Gasteiger partial charge in [-0.05, 0) is 56.2 Å². The van der Waals surface area contributed by atoms with Crippen LogP contribution in [0.15, 0.2) is 54.6 Å². The fraction of sp³-hybridized carbons (Fsp3) is 0.536. The lowest BCUT2D eigenvalue weighted by Gasteiger charge is -2.41. The lowest BCUT2D eigenvalue weighted by molar-refractivity contribution is 0.105. The summed E-state index contributed by atoms with van der Waals surface area (Å²) in [7, 11) is 1.90. The van der Waals surface area contributed by atoms with Gasteiger partial charge in [0.05, 0.1) is 0 Å². The third-order valence-electron chi connectivity index (χ3n) is 7.39. The van der Waals surface area contributed by atoms with Crippen LogP contribution in [-0.2, 0) is 6.54 Å². The van der Waals surface area contributed by atoms with Gasteiger partial charge < -0.3 is 9.80 Å². The van der Waals surface area contributed by atoms with Gasteiger partial charge in [-0.2, -0.15) is 0 Å². The van der Waals surface area contributed by atoms with Crippen LogP contribution in [0.25, 0.3) is 0 Å². The molecule has 2 aromatic rings. The summed E-state index contributed by atoms with van der Waals surface area (Å²) in [6.07, 6.45) is 9.17. The summed E-state index contributed by atoms with van der Waals surface area (Å²) in [5.74, 6) is 0.884. The first-order valence-corrected chi connectivity index (χ1v) is 12.5. The molecule has 0 bridgehead atoms. The van der Waals surface area contributed by atoms with Gasteiger partial charge in [0.1, 0.15) is 0 Å². The molecule has 4 heteroatoms. The Morgan fingerprint density at radius 2 is 1.56 bits per heavy atom. The van der Waals surface area contributed by atoms with Crippen LogP contribution in [0.3, 0.4) is 0 Å². The number of piperidine rings is 1. The van der Waals surface area contributed by atoms with Gasteiger partial charge in [-0.3, -0.25) is 4.90 Å². The van der Waals surface area contributed by atoms with Crippen molar-refractivity contribution in [1.29, 1.82) is 0 Å². The SMILES string of the molecule is Cc1ccc(CN(C(=O)N(C)c2ccccc2)C2CCN(CC3CCCCC3)CC2)cc1. The fourth-order valence-corrected chi connectivity index (χ4v) is 5.35. The highest BCUT2D eigenvalue weighted by molar-refractivity contribution is 5.91. The number of carbonyl (C=O) groups excluding carboxylic acids is 1. The van der Waals surface area contributed by atoms with Crippen LogP contribution in [-0.4, -0.2) is 48.6 Å². The minimum atomic E-state index is 0.0995. The minimum Gasteiger partial charge on any atom is -0.317 e. The van der Waals surface area contributed by atoms with Crippen molar-refractivity contribution in [3.8, 4) is 0 Å². The molecule has 32 heavy (non-hydrogen) atoms. The van der Waals surface area contributed by atoms with E-state index in [4.69, 9.17) is 0 Å². The van der Waals surface area contributed by atoms with Crippen LogP contribution < -0.4 is 4.90 Å². The highest BCUT2D eigenvalue weighted by atomic mass is 16.2. The van der Waals surface area contributed by atoms with Gasteiger partial charge in [0, 0.05) is 45.0 Å². The number of anilines is 1. The monoisotopic (exact) mass is 433 g/mol. The molecule has 2 aromatic carbocycles. The standard InChI is InChI=1S/C28H39N3O/c1-23-13-15-25(16-14-23)22-31(28(32)29(2)26-11-7-4-8-12-26)27-17-19-30(20-18-27)21-24-9-5-3-6-10-24/h4,7-8,11-16,24,27H,3,5-6,9-10,17-22H2,1-2H3. The Kier molecular flexibility index (Phi) is 7.85. The molecule has 0 radical (unpaired) electrons. The first kappa shape index (κ1) is 22.8. The second kappa shape index (κ2) is 11.0. The van der Waals surface area contributed by atoms with E-state index in [1.54, 1.807) is 0 Å². The number of likely N-dealkylation sites (tertiary alicyclic amines) is 1. The van der Waals surface area contributed by atoms with Gasteiger partial charge in [-0.15, -0.1) is 0 Å². The van der Waals surface area contributed by atoms with Gasteiger partial charge in [-0.1, -0.05) is 67.3 Å². The average Bonchev–Trinajstić information content (AvgIpc) is 2.85. The molecule has 1 saturated heterocycles. The number of carbonyl (C=O) groups is 1. The van der Waals surface area contributed by atoms with Crippen molar-refractivity contribution in [3.63, 3.8) is 0 Å². The Balaban J connectivity index is 1.44. The number of nitrogens with zero attached hydrogens (tertiary/aromatic N) is 3. The van der Waals surface area contributed by atoms with Gasteiger partial charge in [-0.25, -0.2) is 4.79 Å². The summed E-state index contributed by atoms with van der Waals surface area (Å²) < 4.78 is 0. The summed E-state index contributed by atoms with van der Waals surface area (Å²) in [4.78, 5) is 20.2. The van der Waals surface area contributed by atoms with Gasteiger partial charge in [0.2, 0.25) is 0 Å². The molecule has 1 aliphatic carbocycles. The summed E-state index contributed by atoms with van der Waals surface area (Å²) in [5.41, 5.74) is 3.40. The van der Waals surface area contributed by atoms with E-state index in [1.165, 1.54) is 49.8 Å². The Bertz CT molecular complexity index is 837. The number of urea groups is 1. The van der Waals surface area contributed by atoms with Crippen LogP contribution in [0.5, 0.6) is 0 Å². The Morgan fingerprint density at radius 1 is 0.906 bits per heavy atom. The largest absolute Gasteiger partial charge is 0.324 e. The van der Waals surface area contributed by atoms with E-state index in [0.29, 0.717) is 6.54 Å². The number of benzene rings is 2. The maximum Gasteiger partial charge on any atom is 0.324 e. The molecule has 1 aliphatic heterocycles. The zero-order valence-electron chi connectivity index (χ0n) is 19.9. The molecule has 2 aliphatic rings. The molecule has 2 fully saturated rings. The zero-order chi connectivity index (χ0) is 22.3. The summed E-state index contributed by atoms with van der Waals surface area (Å²) >= 11 is 0. The summed E-state index contributed by atoms with van der Waals surface area (Å²) in [6, 6.07) is 19.0. The topological polar surface area (TPSA) is 26.8 Å². The van der Waals surface area contributed by atoms with Crippen molar-refractivity contribution in [2.24, 2.45) is 5.92 Å². The molecule has 4 nitrogen and oxygen atoms in total. The number of para-hydroxylation sites is 1. The predicted molar refractivity (Wildman–Crippen MR) is 133 cm³/mol. The molecule has 2 amide bonds. The molecule has 0 unspecified atom stereocenters. The molecular formula is C28H39N3O. The average molecular weight is 434 g/mol. The first-order chi connectivity index (χ1) is 15.6. The second-order valence-electron chi connectivity index (χ2n) is 9.83. The number of amides is 2. The molecule has 1 saturated carbocycles. The second-order valence-corrected chi connectivity index (χ2v) is 9.83. The summed E-state index contributed by atoms with van der Waals surface area (Å²) in [5, 5.41) is 0. The van der Waals surface area contributed by atoms with Gasteiger partial charge in [0.25, 0.3) is 0 Å². The number of aryl methyl sites for hydroxylation is 1. The van der Waals surface area contributed by atoms with Crippen molar-refractivity contribution in [2.75, 3.05) is 31.6 Å². The lowest BCUT2D eigenvalue weighted by Crippen LogP contribution is -2.51. The van der Waals surface area contributed by atoms with Crippen molar-refractivity contribution in [2.45, 2.75) is 64.5 Å². The maximum absolute atomic E-state index is 13.7. The zero-order valence-corrected chi connectivity index (χ0v) is 19.9. The normalized spacial score (nSPS) is 18.4. The van der Waals surface area contributed by atoms with Crippen LogP contribution in [0.1, 0.15) is 56.1 Å². The smallest absolute Gasteiger partial charge is 0.317 e. The molecule has 172 valence electrons. The number of rotatable bonds is 6. The van der Waals surface area contributed by atoms with Crippen LogP contribution >= 0.6 is 0 Å². The van der Waals surface area contributed by atoms with Gasteiger partial charge in [0.15, 0.2) is 0 Å². The highest BCUT2D eigenvalue weighted by Crippen LogP contribution is 2.27. The predicted octanol–water partition coefficient (Wildman–Crippen LogP) is 6.10. The summed E-state index contributed by atoms with van der Waals surface area (Å²) in [6.45, 7) is 6.24. The Hall–Kier alpha value is -2.33. The minimum absolute atomic E-state index is 0.0995. The first-order valence-electron chi connectivity index (χ1n) is 12.5. The van der Waals surface area contributed by atoms with Crippen molar-refractivity contribution < 1.29 is 4.79 Å². The highest BCUT2D eigenvalue weighted by Gasteiger charge is 2.31. The van der Waals surface area contributed by atoms with Crippen LogP contribution in [0.2, 0.25) is 0 Å². The van der Waals surface area contributed by atoms with Gasteiger partial charge >= 0.3 is 6.03 Å². The van der Waals surface area contributed by atoms with Crippen LogP contribution in [0.4, 0.5) is 10.5 Å². The third-order valence-corrected chi connectivity index (χ3v) is 7.39. The van der Waals surface area contributed by atoms with E-state index in [2.05, 4.69) is 41.0 Å². The van der Waals surface area contributed by atoms with Crippen molar-refractivity contribution >= 4 is 11.7 Å². The van der Waals surface area contributed by atoms with Crippen molar-refractivity contribution in [3.05, 3.63) is 65.7 Å². The quantitative estimate of drug-likeness (QED) is 0.550. The molecule has 1 heterocycles. The molecule has 0 spiro atoms. The van der Waals surface area contributed by atoms with Crippen molar-refractivity contribution in [1.82, 2.24) is 9.80 Å². The van der Waals surface area contributed by atoms with Crippen LogP contribution in [0, 0.1) is 12.8 Å². The van der Waals surface area contributed by atoms with E-state index >= 15 is 0 Å². The van der Waals surface area contributed by atoms with E-state index in [0.717, 1.165) is 37.5 Å². The molecule has 0 N–H and O–H groups in total. The maximum atomic E-state index is 13.7.